The Hall–Kier alpha value is -0.650. The molecule has 3 atom stereocenters. The minimum atomic E-state index is -0.827. The Labute approximate surface area is 150 Å². The molecule has 0 aliphatic carbocycles. The van der Waals surface area contributed by atoms with Crippen LogP contribution in [0.15, 0.2) is 24.3 Å². The van der Waals surface area contributed by atoms with Crippen molar-refractivity contribution in [2.45, 2.75) is 44.3 Å². The quantitative estimate of drug-likeness (QED) is 0.597. The van der Waals surface area contributed by atoms with Crippen molar-refractivity contribution in [3.8, 4) is 0 Å². The molecule has 0 saturated carbocycles. The molecule has 1 aliphatic rings. The molecule has 3 N–H and O–H groups in total. The molecule has 1 heterocycles. The van der Waals surface area contributed by atoms with Gasteiger partial charge in [0.1, 0.15) is 0 Å². The van der Waals surface area contributed by atoms with Crippen LogP contribution in [0.4, 0.5) is 0 Å². The van der Waals surface area contributed by atoms with Crippen molar-refractivity contribution < 1.29 is 9.84 Å². The van der Waals surface area contributed by atoms with Crippen molar-refractivity contribution in [1.29, 1.82) is 0 Å². The fraction of sp³-hybridized carbons (Fsp3) is 0.684. The molecule has 0 spiro atoms. The highest BCUT2D eigenvalue weighted by Crippen LogP contribution is 2.38. The van der Waals surface area contributed by atoms with Crippen LogP contribution >= 0.6 is 11.6 Å². The van der Waals surface area contributed by atoms with Crippen molar-refractivity contribution >= 4 is 11.6 Å². The van der Waals surface area contributed by atoms with E-state index in [1.165, 1.54) is 0 Å². The lowest BCUT2D eigenvalue weighted by Crippen LogP contribution is -2.44. The molecule has 4 nitrogen and oxygen atoms in total. The normalized spacial score (nSPS) is 22.1. The van der Waals surface area contributed by atoms with E-state index in [4.69, 9.17) is 16.3 Å². The zero-order valence-electron chi connectivity index (χ0n) is 14.9. The van der Waals surface area contributed by atoms with Crippen LogP contribution in [-0.2, 0) is 10.3 Å². The molecule has 2 unspecified atom stereocenters. The summed E-state index contributed by atoms with van der Waals surface area (Å²) < 4.78 is 5.24. The first-order valence-electron chi connectivity index (χ1n) is 8.99. The molecule has 0 bridgehead atoms. The smallest absolute Gasteiger partial charge is 0.0937 e. The summed E-state index contributed by atoms with van der Waals surface area (Å²) in [5, 5.41) is 19.0. The van der Waals surface area contributed by atoms with Gasteiger partial charge in [-0.15, -0.1) is 0 Å². The second kappa shape index (κ2) is 9.73. The lowest BCUT2D eigenvalue weighted by atomic mass is 9.74. The van der Waals surface area contributed by atoms with Gasteiger partial charge >= 0.3 is 0 Å². The van der Waals surface area contributed by atoms with Crippen molar-refractivity contribution in [3.05, 3.63) is 34.9 Å². The van der Waals surface area contributed by atoms with Crippen LogP contribution in [0.2, 0.25) is 5.02 Å². The van der Waals surface area contributed by atoms with Gasteiger partial charge in [0.15, 0.2) is 0 Å². The Morgan fingerprint density at radius 2 is 2.33 bits per heavy atom. The largest absolute Gasteiger partial charge is 0.385 e. The van der Waals surface area contributed by atoms with Crippen LogP contribution < -0.4 is 10.6 Å². The first kappa shape index (κ1) is 19.7. The molecule has 2 rings (SSSR count). The topological polar surface area (TPSA) is 53.5 Å². The number of aliphatic hydroxyl groups is 1. The SMILES string of the molecule is COC(C)CNCCCC(O)(c1cccc(Cl)c1)[C@@H]1CCCNC1. The van der Waals surface area contributed by atoms with E-state index in [1.54, 1.807) is 7.11 Å². The number of methoxy groups -OCH3 is 1. The van der Waals surface area contributed by atoms with Crippen LogP contribution in [0.3, 0.4) is 0 Å². The molecule has 1 saturated heterocycles. The number of benzene rings is 1. The first-order chi connectivity index (χ1) is 11.6. The van der Waals surface area contributed by atoms with Gasteiger partial charge in [-0.3, -0.25) is 0 Å². The fourth-order valence-electron chi connectivity index (χ4n) is 3.47. The Balaban J connectivity index is 2.00. The first-order valence-corrected chi connectivity index (χ1v) is 9.36. The highest BCUT2D eigenvalue weighted by atomic mass is 35.5. The molecule has 0 amide bonds. The third-order valence-corrected chi connectivity index (χ3v) is 5.28. The third kappa shape index (κ3) is 5.43. The monoisotopic (exact) mass is 354 g/mol. The van der Waals surface area contributed by atoms with Crippen LogP contribution in [0.5, 0.6) is 0 Å². The highest BCUT2D eigenvalue weighted by molar-refractivity contribution is 6.30. The maximum absolute atomic E-state index is 11.5. The van der Waals surface area contributed by atoms with E-state index in [1.807, 2.05) is 31.2 Å². The summed E-state index contributed by atoms with van der Waals surface area (Å²) in [6, 6.07) is 7.70. The third-order valence-electron chi connectivity index (χ3n) is 5.04. The van der Waals surface area contributed by atoms with Gasteiger partial charge in [0.25, 0.3) is 0 Å². The summed E-state index contributed by atoms with van der Waals surface area (Å²) in [6.07, 6.45) is 4.00. The van der Waals surface area contributed by atoms with Gasteiger partial charge in [0, 0.05) is 31.1 Å². The van der Waals surface area contributed by atoms with Gasteiger partial charge in [0.2, 0.25) is 0 Å². The van der Waals surface area contributed by atoms with Gasteiger partial charge < -0.3 is 20.5 Å². The number of halogens is 1. The number of nitrogens with one attached hydrogen (secondary N) is 2. The maximum Gasteiger partial charge on any atom is 0.0937 e. The van der Waals surface area contributed by atoms with E-state index in [-0.39, 0.29) is 12.0 Å². The number of piperidine rings is 1. The van der Waals surface area contributed by atoms with Crippen molar-refractivity contribution in [2.24, 2.45) is 5.92 Å². The molecule has 0 aromatic heterocycles. The molecular formula is C19H31ClN2O2. The predicted octanol–water partition coefficient (Wildman–Crippen LogP) is 2.93. The van der Waals surface area contributed by atoms with Gasteiger partial charge in [-0.05, 0) is 63.4 Å². The van der Waals surface area contributed by atoms with E-state index < -0.39 is 5.60 Å². The molecule has 1 aromatic carbocycles. The standard InChI is InChI=1S/C19H31ClN2O2/c1-15(24-2)13-21-11-5-9-19(23,17-7-4-10-22-14-17)16-6-3-8-18(20)12-16/h3,6,8,12,15,17,21-23H,4-5,7,9-11,13-14H2,1-2H3/t15?,17-,19?/m1/s1. The number of hydrogen-bond donors (Lipinski definition) is 3. The van der Waals surface area contributed by atoms with Crippen LogP contribution in [0, 0.1) is 5.92 Å². The molecule has 0 radical (unpaired) electrons. The molecule has 24 heavy (non-hydrogen) atoms. The fourth-order valence-corrected chi connectivity index (χ4v) is 3.66. The lowest BCUT2D eigenvalue weighted by molar-refractivity contribution is -0.0421. The average Bonchev–Trinajstić information content (AvgIpc) is 2.61. The predicted molar refractivity (Wildman–Crippen MR) is 99.5 cm³/mol. The second-order valence-corrected chi connectivity index (χ2v) is 7.27. The Morgan fingerprint density at radius 1 is 1.50 bits per heavy atom. The summed E-state index contributed by atoms with van der Waals surface area (Å²) in [5.41, 5.74) is 0.112. The molecule has 136 valence electrons. The zero-order chi connectivity index (χ0) is 17.4. The van der Waals surface area contributed by atoms with E-state index in [2.05, 4.69) is 10.6 Å². The Bertz CT molecular complexity index is 494. The molecule has 1 aliphatic heterocycles. The van der Waals surface area contributed by atoms with Crippen LogP contribution in [0.25, 0.3) is 0 Å². The number of ether oxygens (including phenoxy) is 1. The van der Waals surface area contributed by atoms with Gasteiger partial charge in [0.05, 0.1) is 11.7 Å². The molecule has 5 heteroatoms. The van der Waals surface area contributed by atoms with Crippen LogP contribution in [-0.4, -0.2) is 44.5 Å². The molecule has 1 fully saturated rings. The average molecular weight is 355 g/mol. The van der Waals surface area contributed by atoms with Crippen molar-refractivity contribution in [3.63, 3.8) is 0 Å². The van der Waals surface area contributed by atoms with Crippen molar-refractivity contribution in [1.82, 2.24) is 10.6 Å². The summed E-state index contributed by atoms with van der Waals surface area (Å²) in [5.74, 6) is 0.225. The van der Waals surface area contributed by atoms with E-state index in [9.17, 15) is 5.11 Å². The lowest BCUT2D eigenvalue weighted by Gasteiger charge is -2.39. The van der Waals surface area contributed by atoms with E-state index >= 15 is 0 Å². The summed E-state index contributed by atoms with van der Waals surface area (Å²) in [7, 11) is 1.72. The van der Waals surface area contributed by atoms with E-state index in [0.29, 0.717) is 5.02 Å². The Kier molecular flexibility index (Phi) is 7.98. The number of hydrogen-bond acceptors (Lipinski definition) is 4. The minimum Gasteiger partial charge on any atom is -0.385 e. The summed E-state index contributed by atoms with van der Waals surface area (Å²) in [6.45, 7) is 5.65. The highest BCUT2D eigenvalue weighted by Gasteiger charge is 2.38. The van der Waals surface area contributed by atoms with E-state index in [0.717, 1.165) is 57.4 Å². The van der Waals surface area contributed by atoms with Gasteiger partial charge in [-0.1, -0.05) is 23.7 Å². The molecule has 1 aromatic rings. The number of rotatable bonds is 9. The van der Waals surface area contributed by atoms with Gasteiger partial charge in [-0.25, -0.2) is 0 Å². The summed E-state index contributed by atoms with van der Waals surface area (Å²) >= 11 is 6.17. The maximum atomic E-state index is 11.5. The van der Waals surface area contributed by atoms with Crippen molar-refractivity contribution in [2.75, 3.05) is 33.3 Å². The Morgan fingerprint density at radius 3 is 3.00 bits per heavy atom. The van der Waals surface area contributed by atoms with Crippen LogP contribution in [0.1, 0.15) is 38.2 Å². The summed E-state index contributed by atoms with van der Waals surface area (Å²) in [4.78, 5) is 0. The second-order valence-electron chi connectivity index (χ2n) is 6.83. The zero-order valence-corrected chi connectivity index (χ0v) is 15.6. The van der Waals surface area contributed by atoms with Gasteiger partial charge in [-0.2, -0.15) is 0 Å². The minimum absolute atomic E-state index is 0.208. The molecular weight excluding hydrogens is 324 g/mol.